The number of fused-ring (bicyclic) bond motifs is 1. The second kappa shape index (κ2) is 7.92. The molecule has 0 radical (unpaired) electrons. The molecule has 0 saturated heterocycles. The van der Waals surface area contributed by atoms with Gasteiger partial charge in [0.15, 0.2) is 5.82 Å². The minimum Gasteiger partial charge on any atom is -0.349 e. The standard InChI is InChI=1S/C20H22FN5O2/c21-16-6-1-14(2-7-16)3-8-19(27)25-10-9-17-23-24-18(26(17)12-11-25)13-22-20(28)15-4-5-15/h1-3,6-8,15H,4-5,9-13H2,(H,22,28). The fraction of sp³-hybridized carbons (Fsp3) is 0.400. The lowest BCUT2D eigenvalue weighted by molar-refractivity contribution is -0.126. The van der Waals surface area contributed by atoms with Crippen LogP contribution in [0.15, 0.2) is 30.3 Å². The van der Waals surface area contributed by atoms with Crippen LogP contribution in [0.1, 0.15) is 30.1 Å². The molecule has 1 fully saturated rings. The van der Waals surface area contributed by atoms with E-state index >= 15 is 0 Å². The number of amides is 2. The summed E-state index contributed by atoms with van der Waals surface area (Å²) in [5.74, 6) is 1.39. The van der Waals surface area contributed by atoms with Crippen LogP contribution in [0.3, 0.4) is 0 Å². The molecule has 1 aliphatic carbocycles. The molecule has 2 aromatic rings. The number of benzene rings is 1. The highest BCUT2D eigenvalue weighted by Gasteiger charge is 2.29. The highest BCUT2D eigenvalue weighted by molar-refractivity contribution is 5.91. The van der Waals surface area contributed by atoms with Gasteiger partial charge in [-0.1, -0.05) is 12.1 Å². The van der Waals surface area contributed by atoms with Crippen molar-refractivity contribution in [3.63, 3.8) is 0 Å². The first-order valence-electron chi connectivity index (χ1n) is 9.51. The van der Waals surface area contributed by atoms with Crippen LogP contribution < -0.4 is 5.32 Å². The average Bonchev–Trinajstić information content (AvgIpc) is 3.51. The van der Waals surface area contributed by atoms with Gasteiger partial charge in [0.1, 0.15) is 11.6 Å². The Bertz CT molecular complexity index is 902. The summed E-state index contributed by atoms with van der Waals surface area (Å²) in [7, 11) is 0. The Morgan fingerprint density at radius 1 is 1.14 bits per heavy atom. The maximum atomic E-state index is 13.0. The van der Waals surface area contributed by atoms with E-state index in [-0.39, 0.29) is 23.5 Å². The van der Waals surface area contributed by atoms with Crippen LogP contribution in [-0.4, -0.2) is 44.6 Å². The first kappa shape index (κ1) is 18.3. The summed E-state index contributed by atoms with van der Waals surface area (Å²) in [6.45, 7) is 2.05. The van der Waals surface area contributed by atoms with Gasteiger partial charge in [0.2, 0.25) is 11.8 Å². The van der Waals surface area contributed by atoms with E-state index in [0.717, 1.165) is 30.1 Å². The monoisotopic (exact) mass is 383 g/mol. The number of nitrogens with zero attached hydrogens (tertiary/aromatic N) is 4. The summed E-state index contributed by atoms with van der Waals surface area (Å²) in [6, 6.07) is 5.99. The summed E-state index contributed by atoms with van der Waals surface area (Å²) in [6.07, 6.45) is 5.74. The molecule has 2 aliphatic rings. The van der Waals surface area contributed by atoms with Crippen LogP contribution in [0.4, 0.5) is 4.39 Å². The second-order valence-corrected chi connectivity index (χ2v) is 7.14. The van der Waals surface area contributed by atoms with E-state index in [1.165, 1.54) is 18.2 Å². The number of rotatable bonds is 5. The zero-order valence-corrected chi connectivity index (χ0v) is 15.5. The molecule has 146 valence electrons. The summed E-state index contributed by atoms with van der Waals surface area (Å²) >= 11 is 0. The molecule has 1 aromatic heterocycles. The van der Waals surface area contributed by atoms with Crippen LogP contribution in [0.25, 0.3) is 6.08 Å². The van der Waals surface area contributed by atoms with Gasteiger partial charge in [-0.05, 0) is 36.6 Å². The third-order valence-electron chi connectivity index (χ3n) is 5.07. The Labute approximate surface area is 162 Å². The lowest BCUT2D eigenvalue weighted by Gasteiger charge is -2.18. The van der Waals surface area contributed by atoms with E-state index in [4.69, 9.17) is 0 Å². The Morgan fingerprint density at radius 3 is 2.68 bits per heavy atom. The van der Waals surface area contributed by atoms with Gasteiger partial charge in [0.05, 0.1) is 6.54 Å². The van der Waals surface area contributed by atoms with Crippen LogP contribution in [0, 0.1) is 11.7 Å². The highest BCUT2D eigenvalue weighted by atomic mass is 19.1. The number of nitrogens with one attached hydrogen (secondary N) is 1. The minimum absolute atomic E-state index is 0.0775. The lowest BCUT2D eigenvalue weighted by Crippen LogP contribution is -2.32. The van der Waals surface area contributed by atoms with Gasteiger partial charge in [-0.25, -0.2) is 4.39 Å². The highest BCUT2D eigenvalue weighted by Crippen LogP contribution is 2.28. The molecule has 0 bridgehead atoms. The molecule has 0 atom stereocenters. The first-order valence-corrected chi connectivity index (χ1v) is 9.51. The van der Waals surface area contributed by atoms with E-state index in [2.05, 4.69) is 15.5 Å². The van der Waals surface area contributed by atoms with Crippen molar-refractivity contribution in [2.75, 3.05) is 13.1 Å². The number of carbonyl (C=O) groups is 2. The van der Waals surface area contributed by atoms with E-state index in [1.807, 2.05) is 4.57 Å². The molecule has 1 saturated carbocycles. The molecular formula is C20H22FN5O2. The molecule has 4 rings (SSSR count). The molecular weight excluding hydrogens is 361 g/mol. The van der Waals surface area contributed by atoms with Crippen molar-refractivity contribution in [2.24, 2.45) is 5.92 Å². The van der Waals surface area contributed by atoms with E-state index in [9.17, 15) is 14.0 Å². The number of halogens is 1. The number of aromatic nitrogens is 3. The zero-order chi connectivity index (χ0) is 19.5. The predicted molar refractivity (Wildman–Crippen MR) is 100 cm³/mol. The molecule has 8 heteroatoms. The molecule has 1 aliphatic heterocycles. The van der Waals surface area contributed by atoms with Crippen LogP contribution in [0.2, 0.25) is 0 Å². The molecule has 0 unspecified atom stereocenters. The Morgan fingerprint density at radius 2 is 1.93 bits per heavy atom. The quantitative estimate of drug-likeness (QED) is 0.795. The van der Waals surface area contributed by atoms with E-state index < -0.39 is 0 Å². The fourth-order valence-corrected chi connectivity index (χ4v) is 3.24. The molecule has 28 heavy (non-hydrogen) atoms. The zero-order valence-electron chi connectivity index (χ0n) is 15.5. The van der Waals surface area contributed by atoms with Crippen LogP contribution >= 0.6 is 0 Å². The van der Waals surface area contributed by atoms with Gasteiger partial charge in [0, 0.05) is 38.0 Å². The molecule has 1 aromatic carbocycles. The Kier molecular flexibility index (Phi) is 5.18. The largest absolute Gasteiger partial charge is 0.349 e. The van der Waals surface area contributed by atoms with E-state index in [0.29, 0.717) is 32.6 Å². The Hall–Kier alpha value is -3.03. The van der Waals surface area contributed by atoms with Crippen molar-refractivity contribution in [1.82, 2.24) is 25.0 Å². The lowest BCUT2D eigenvalue weighted by atomic mass is 10.2. The minimum atomic E-state index is -0.303. The van der Waals surface area contributed by atoms with Gasteiger partial charge in [-0.3, -0.25) is 9.59 Å². The summed E-state index contributed by atoms with van der Waals surface area (Å²) in [4.78, 5) is 26.1. The first-order chi connectivity index (χ1) is 13.6. The average molecular weight is 383 g/mol. The van der Waals surface area contributed by atoms with Gasteiger partial charge in [-0.2, -0.15) is 0 Å². The normalized spacial score (nSPS) is 16.7. The number of hydrogen-bond donors (Lipinski definition) is 1. The van der Waals surface area contributed by atoms with Crippen molar-refractivity contribution in [3.8, 4) is 0 Å². The van der Waals surface area contributed by atoms with Crippen molar-refractivity contribution in [3.05, 3.63) is 53.4 Å². The van der Waals surface area contributed by atoms with Crippen molar-refractivity contribution >= 4 is 17.9 Å². The molecule has 7 nitrogen and oxygen atoms in total. The van der Waals surface area contributed by atoms with Crippen molar-refractivity contribution < 1.29 is 14.0 Å². The predicted octanol–water partition coefficient (Wildman–Crippen LogP) is 1.54. The summed E-state index contributed by atoms with van der Waals surface area (Å²) < 4.78 is 14.9. The molecule has 2 heterocycles. The Balaban J connectivity index is 1.35. The van der Waals surface area contributed by atoms with Crippen LogP contribution in [0.5, 0.6) is 0 Å². The second-order valence-electron chi connectivity index (χ2n) is 7.14. The fourth-order valence-electron chi connectivity index (χ4n) is 3.24. The third kappa shape index (κ3) is 4.27. The number of carbonyl (C=O) groups excluding carboxylic acids is 2. The SMILES string of the molecule is O=C(NCc1nnc2n1CCN(C(=O)C=Cc1ccc(F)cc1)CC2)C1CC1. The molecule has 1 N–H and O–H groups in total. The van der Waals surface area contributed by atoms with Gasteiger partial charge < -0.3 is 14.8 Å². The van der Waals surface area contributed by atoms with Gasteiger partial charge in [0.25, 0.3) is 0 Å². The number of hydrogen-bond acceptors (Lipinski definition) is 4. The molecule has 0 spiro atoms. The topological polar surface area (TPSA) is 80.1 Å². The molecule has 2 amide bonds. The third-order valence-corrected chi connectivity index (χ3v) is 5.07. The van der Waals surface area contributed by atoms with E-state index in [1.54, 1.807) is 23.1 Å². The van der Waals surface area contributed by atoms with Gasteiger partial charge in [-0.15, -0.1) is 10.2 Å². The maximum Gasteiger partial charge on any atom is 0.246 e. The summed E-state index contributed by atoms with van der Waals surface area (Å²) in [5, 5.41) is 11.3. The van der Waals surface area contributed by atoms with Crippen LogP contribution in [-0.2, 0) is 29.1 Å². The van der Waals surface area contributed by atoms with Crippen molar-refractivity contribution in [1.29, 1.82) is 0 Å². The summed E-state index contributed by atoms with van der Waals surface area (Å²) in [5.41, 5.74) is 0.774. The maximum absolute atomic E-state index is 13.0. The smallest absolute Gasteiger partial charge is 0.246 e. The van der Waals surface area contributed by atoms with Gasteiger partial charge >= 0.3 is 0 Å². The van der Waals surface area contributed by atoms with Crippen molar-refractivity contribution in [2.45, 2.75) is 32.4 Å².